The fourth-order valence-corrected chi connectivity index (χ4v) is 2.68. The summed E-state index contributed by atoms with van der Waals surface area (Å²) < 4.78 is 0. The van der Waals surface area contributed by atoms with Crippen LogP contribution in [0.1, 0.15) is 0 Å². The molecule has 1 N–H and O–H groups in total. The monoisotopic (exact) mass is 225 g/mol. The Bertz CT molecular complexity index is 274. The zero-order valence-corrected chi connectivity index (χ0v) is 9.32. The van der Waals surface area contributed by atoms with E-state index < -0.39 is 0 Å². The summed E-state index contributed by atoms with van der Waals surface area (Å²) in [5, 5.41) is 5.34. The second kappa shape index (κ2) is 5.34. The normalized spacial score (nSPS) is 27.7. The van der Waals surface area contributed by atoms with Crippen LogP contribution in [0.25, 0.3) is 0 Å². The zero-order valence-electron chi connectivity index (χ0n) is 8.50. The number of thioether (sulfide) groups is 1. The first-order valence-electron chi connectivity index (χ1n) is 5.08. The van der Waals surface area contributed by atoms with Gasteiger partial charge in [-0.3, -0.25) is 14.6 Å². The average molecular weight is 225 g/mol. The minimum atomic E-state index is 0.111. The molecule has 0 aromatic carbocycles. The molecular formula is C10H15N3OS. The molecular weight excluding hydrogens is 210 g/mol. The van der Waals surface area contributed by atoms with Gasteiger partial charge in [-0.1, -0.05) is 17.8 Å². The standard InChI is InChI=1S/C10H15N3OS/c14-9-13-5-1-2-8-15-10(13)12-6-3-11-4-7-12/h1-2,5,8-11H,3-4,6-7H2. The van der Waals surface area contributed by atoms with Crippen LogP contribution in [0.4, 0.5) is 0 Å². The van der Waals surface area contributed by atoms with E-state index in [-0.39, 0.29) is 5.50 Å². The first kappa shape index (κ1) is 10.7. The van der Waals surface area contributed by atoms with Crippen molar-refractivity contribution in [3.05, 3.63) is 23.8 Å². The van der Waals surface area contributed by atoms with E-state index in [0.29, 0.717) is 0 Å². The number of hydrogen-bond donors (Lipinski definition) is 1. The van der Waals surface area contributed by atoms with E-state index in [4.69, 9.17) is 0 Å². The number of piperazine rings is 1. The molecule has 1 saturated heterocycles. The summed E-state index contributed by atoms with van der Waals surface area (Å²) in [6.07, 6.45) is 6.58. The summed E-state index contributed by atoms with van der Waals surface area (Å²) >= 11 is 1.67. The molecule has 0 aromatic heterocycles. The summed E-state index contributed by atoms with van der Waals surface area (Å²) in [7, 11) is 0. The van der Waals surface area contributed by atoms with E-state index in [1.165, 1.54) is 0 Å². The van der Waals surface area contributed by atoms with Crippen LogP contribution in [0.3, 0.4) is 0 Å². The fraction of sp³-hybridized carbons (Fsp3) is 0.500. The topological polar surface area (TPSA) is 35.6 Å². The first-order valence-corrected chi connectivity index (χ1v) is 6.02. The molecule has 15 heavy (non-hydrogen) atoms. The number of amides is 1. The van der Waals surface area contributed by atoms with E-state index in [1.807, 2.05) is 23.8 Å². The average Bonchev–Trinajstić information content (AvgIpc) is 2.55. The number of carbonyl (C=O) groups excluding carboxylic acids is 1. The summed E-state index contributed by atoms with van der Waals surface area (Å²) in [5.41, 5.74) is 0.111. The minimum Gasteiger partial charge on any atom is -0.314 e. The van der Waals surface area contributed by atoms with Crippen molar-refractivity contribution >= 4 is 18.2 Å². The van der Waals surface area contributed by atoms with Gasteiger partial charge in [-0.25, -0.2) is 0 Å². The highest BCUT2D eigenvalue weighted by molar-refractivity contribution is 8.02. The van der Waals surface area contributed by atoms with Crippen molar-refractivity contribution in [2.45, 2.75) is 5.50 Å². The van der Waals surface area contributed by atoms with Crippen molar-refractivity contribution in [3.63, 3.8) is 0 Å². The van der Waals surface area contributed by atoms with Crippen molar-refractivity contribution in [2.75, 3.05) is 26.2 Å². The van der Waals surface area contributed by atoms with Crippen LogP contribution in [-0.4, -0.2) is 47.9 Å². The second-order valence-electron chi connectivity index (χ2n) is 3.47. The van der Waals surface area contributed by atoms with Crippen LogP contribution in [0.2, 0.25) is 0 Å². The molecule has 5 heteroatoms. The fourth-order valence-electron chi connectivity index (χ4n) is 1.72. The smallest absolute Gasteiger partial charge is 0.215 e. The summed E-state index contributed by atoms with van der Waals surface area (Å²) in [6.45, 7) is 3.97. The number of nitrogens with one attached hydrogen (secondary N) is 1. The molecule has 0 radical (unpaired) electrons. The lowest BCUT2D eigenvalue weighted by Gasteiger charge is -2.37. The molecule has 2 rings (SSSR count). The van der Waals surface area contributed by atoms with E-state index in [9.17, 15) is 4.79 Å². The zero-order chi connectivity index (χ0) is 10.5. The van der Waals surface area contributed by atoms with Gasteiger partial charge in [0.1, 0.15) is 5.50 Å². The number of rotatable bonds is 2. The van der Waals surface area contributed by atoms with Crippen molar-refractivity contribution < 1.29 is 4.79 Å². The Morgan fingerprint density at radius 3 is 2.87 bits per heavy atom. The van der Waals surface area contributed by atoms with E-state index in [1.54, 1.807) is 16.7 Å². The van der Waals surface area contributed by atoms with Gasteiger partial charge in [0.05, 0.1) is 0 Å². The molecule has 1 atom stereocenters. The van der Waals surface area contributed by atoms with Gasteiger partial charge >= 0.3 is 0 Å². The number of nitrogens with zero attached hydrogens (tertiary/aromatic N) is 2. The van der Waals surface area contributed by atoms with Gasteiger partial charge in [0, 0.05) is 32.4 Å². The lowest BCUT2D eigenvalue weighted by Crippen LogP contribution is -2.51. The maximum absolute atomic E-state index is 11.0. The van der Waals surface area contributed by atoms with Crippen LogP contribution in [0.15, 0.2) is 23.8 Å². The van der Waals surface area contributed by atoms with Crippen LogP contribution in [-0.2, 0) is 4.79 Å². The summed E-state index contributed by atoms with van der Waals surface area (Å²) in [6, 6.07) is 0. The maximum Gasteiger partial charge on any atom is 0.215 e. The molecule has 0 bridgehead atoms. The van der Waals surface area contributed by atoms with Crippen LogP contribution in [0, 0.1) is 0 Å². The molecule has 2 heterocycles. The molecule has 0 aromatic rings. The van der Waals surface area contributed by atoms with Gasteiger partial charge in [-0.05, 0) is 11.5 Å². The lowest BCUT2D eigenvalue weighted by atomic mass is 10.4. The van der Waals surface area contributed by atoms with Gasteiger partial charge in [0.25, 0.3) is 0 Å². The van der Waals surface area contributed by atoms with E-state index in [2.05, 4.69) is 10.2 Å². The lowest BCUT2D eigenvalue weighted by molar-refractivity contribution is -0.118. The SMILES string of the molecule is O=CN1C=CC=CSC1N1CCNCC1. The molecule has 1 unspecified atom stereocenters. The van der Waals surface area contributed by atoms with Crippen molar-refractivity contribution in [3.8, 4) is 0 Å². The van der Waals surface area contributed by atoms with Gasteiger partial charge in [0.2, 0.25) is 6.41 Å². The third-order valence-electron chi connectivity index (χ3n) is 2.49. The van der Waals surface area contributed by atoms with Gasteiger partial charge in [-0.2, -0.15) is 0 Å². The first-order chi connectivity index (χ1) is 7.42. The molecule has 2 aliphatic heterocycles. The molecule has 0 aliphatic carbocycles. The van der Waals surface area contributed by atoms with Crippen molar-refractivity contribution in [2.24, 2.45) is 0 Å². The highest BCUT2D eigenvalue weighted by atomic mass is 32.2. The largest absolute Gasteiger partial charge is 0.314 e. The van der Waals surface area contributed by atoms with Crippen LogP contribution in [0.5, 0.6) is 0 Å². The number of allylic oxidation sites excluding steroid dienone is 2. The van der Waals surface area contributed by atoms with E-state index in [0.717, 1.165) is 32.6 Å². The molecule has 82 valence electrons. The van der Waals surface area contributed by atoms with Crippen molar-refractivity contribution in [1.29, 1.82) is 0 Å². The second-order valence-corrected chi connectivity index (χ2v) is 4.44. The third kappa shape index (κ3) is 2.62. The van der Waals surface area contributed by atoms with E-state index >= 15 is 0 Å². The number of hydrogen-bond acceptors (Lipinski definition) is 4. The molecule has 1 fully saturated rings. The Morgan fingerprint density at radius 2 is 2.13 bits per heavy atom. The van der Waals surface area contributed by atoms with Crippen LogP contribution >= 0.6 is 11.8 Å². The predicted molar refractivity (Wildman–Crippen MR) is 62.0 cm³/mol. The highest BCUT2D eigenvalue weighted by Gasteiger charge is 2.24. The molecule has 2 aliphatic rings. The third-order valence-corrected chi connectivity index (χ3v) is 3.59. The van der Waals surface area contributed by atoms with Gasteiger partial charge in [-0.15, -0.1) is 0 Å². The predicted octanol–water partition coefficient (Wildman–Crippen LogP) is 0.408. The molecule has 4 nitrogen and oxygen atoms in total. The molecule has 1 amide bonds. The Morgan fingerprint density at radius 1 is 1.33 bits per heavy atom. The van der Waals surface area contributed by atoms with Gasteiger partial charge < -0.3 is 5.32 Å². The summed E-state index contributed by atoms with van der Waals surface area (Å²) in [5.74, 6) is 0. The Kier molecular flexibility index (Phi) is 3.82. The quantitative estimate of drug-likeness (QED) is 0.690. The Hall–Kier alpha value is -0.780. The maximum atomic E-state index is 11.0. The Labute approximate surface area is 94.0 Å². The molecule has 0 spiro atoms. The minimum absolute atomic E-state index is 0.111. The summed E-state index contributed by atoms with van der Waals surface area (Å²) in [4.78, 5) is 15.0. The Balaban J connectivity index is 2.06. The number of carbonyl (C=O) groups is 1. The van der Waals surface area contributed by atoms with Gasteiger partial charge in [0.15, 0.2) is 0 Å². The molecule has 0 saturated carbocycles. The van der Waals surface area contributed by atoms with Crippen LogP contribution < -0.4 is 5.32 Å². The highest BCUT2D eigenvalue weighted by Crippen LogP contribution is 2.23. The van der Waals surface area contributed by atoms with Crippen molar-refractivity contribution in [1.82, 2.24) is 15.1 Å².